The van der Waals surface area contributed by atoms with Gasteiger partial charge < -0.3 is 9.64 Å². The molecule has 28 heavy (non-hydrogen) atoms. The third-order valence-electron chi connectivity index (χ3n) is 4.12. The van der Waals surface area contributed by atoms with Gasteiger partial charge in [-0.15, -0.1) is 0 Å². The van der Waals surface area contributed by atoms with Crippen LogP contribution in [0.5, 0.6) is 11.6 Å². The summed E-state index contributed by atoms with van der Waals surface area (Å²) in [6.07, 6.45) is 3.25. The molecule has 4 rings (SSSR count). The Morgan fingerprint density at radius 2 is 1.86 bits per heavy atom. The molecule has 0 radical (unpaired) electrons. The first kappa shape index (κ1) is 17.9. The predicted octanol–water partition coefficient (Wildman–Crippen LogP) is 4.59. The molecule has 2 heterocycles. The van der Waals surface area contributed by atoms with Crippen LogP contribution >= 0.6 is 11.6 Å². The first-order valence-corrected chi connectivity index (χ1v) is 8.71. The molecule has 0 fully saturated rings. The Hall–Kier alpha value is -3.45. The Labute approximate surface area is 164 Å². The number of ether oxygens (including phenoxy) is 1. The fourth-order valence-corrected chi connectivity index (χ4v) is 2.81. The highest BCUT2D eigenvalue weighted by molar-refractivity contribution is 6.30. The van der Waals surface area contributed by atoms with Crippen LogP contribution in [-0.4, -0.2) is 27.3 Å². The normalized spacial score (nSPS) is 10.8. The molecule has 0 atom stereocenters. The molecular weight excluding hydrogens is 383 g/mol. The van der Waals surface area contributed by atoms with Gasteiger partial charge in [-0.25, -0.2) is 9.37 Å². The number of nitrogens with zero attached hydrogens (tertiary/aromatic N) is 4. The van der Waals surface area contributed by atoms with E-state index >= 15 is 0 Å². The average Bonchev–Trinajstić information content (AvgIpc) is 3.07. The molecule has 0 aliphatic rings. The summed E-state index contributed by atoms with van der Waals surface area (Å²) in [5.41, 5.74) is 0.853. The minimum Gasteiger partial charge on any atom is -0.437 e. The summed E-state index contributed by atoms with van der Waals surface area (Å²) in [7, 11) is 1.64. The Morgan fingerprint density at radius 3 is 2.57 bits per heavy atom. The van der Waals surface area contributed by atoms with Crippen LogP contribution in [0.4, 0.5) is 10.1 Å². The van der Waals surface area contributed by atoms with E-state index in [1.807, 2.05) is 0 Å². The zero-order chi connectivity index (χ0) is 19.7. The molecule has 0 saturated heterocycles. The van der Waals surface area contributed by atoms with Crippen LogP contribution in [0, 0.1) is 5.82 Å². The number of benzene rings is 2. The minimum absolute atomic E-state index is 0.0797. The van der Waals surface area contributed by atoms with Gasteiger partial charge >= 0.3 is 0 Å². The zero-order valence-corrected chi connectivity index (χ0v) is 15.5. The number of carbonyl (C=O) groups is 1. The van der Waals surface area contributed by atoms with E-state index in [0.29, 0.717) is 22.2 Å². The number of imidazole rings is 1. The van der Waals surface area contributed by atoms with E-state index in [9.17, 15) is 9.18 Å². The van der Waals surface area contributed by atoms with Crippen molar-refractivity contribution in [3.63, 3.8) is 0 Å². The minimum atomic E-state index is -0.386. The van der Waals surface area contributed by atoms with Crippen molar-refractivity contribution in [3.8, 4) is 11.6 Å². The number of carbonyl (C=O) groups excluding carboxylic acids is 1. The maximum Gasteiger partial charge on any atom is 0.280 e. The van der Waals surface area contributed by atoms with Crippen molar-refractivity contribution in [2.24, 2.45) is 0 Å². The van der Waals surface area contributed by atoms with Gasteiger partial charge in [0.15, 0.2) is 5.69 Å². The van der Waals surface area contributed by atoms with E-state index in [1.165, 1.54) is 29.2 Å². The summed E-state index contributed by atoms with van der Waals surface area (Å²) in [5.74, 6) is 0.0133. The van der Waals surface area contributed by atoms with Crippen molar-refractivity contribution in [1.29, 1.82) is 0 Å². The second-order valence-electron chi connectivity index (χ2n) is 5.95. The second kappa shape index (κ2) is 7.28. The fourth-order valence-electron chi connectivity index (χ4n) is 2.69. The highest BCUT2D eigenvalue weighted by Crippen LogP contribution is 2.28. The Balaban J connectivity index is 1.76. The largest absolute Gasteiger partial charge is 0.437 e. The number of hydrogen-bond acceptors (Lipinski definition) is 4. The SMILES string of the molecule is CN(C(=O)c1c(Oc2ccc(F)cc2)nc2ncccn12)c1ccc(Cl)cc1. The highest BCUT2D eigenvalue weighted by Gasteiger charge is 2.25. The molecule has 0 N–H and O–H groups in total. The monoisotopic (exact) mass is 396 g/mol. The van der Waals surface area contributed by atoms with Gasteiger partial charge in [-0.1, -0.05) is 11.6 Å². The van der Waals surface area contributed by atoms with E-state index in [0.717, 1.165) is 0 Å². The van der Waals surface area contributed by atoms with E-state index in [4.69, 9.17) is 16.3 Å². The van der Waals surface area contributed by atoms with Crippen molar-refractivity contribution >= 4 is 29.0 Å². The van der Waals surface area contributed by atoms with Gasteiger partial charge in [-0.05, 0) is 54.6 Å². The van der Waals surface area contributed by atoms with Crippen molar-refractivity contribution in [2.45, 2.75) is 0 Å². The lowest BCUT2D eigenvalue weighted by atomic mass is 10.2. The molecule has 6 nitrogen and oxygen atoms in total. The maximum absolute atomic E-state index is 13.2. The van der Waals surface area contributed by atoms with Crippen LogP contribution in [-0.2, 0) is 0 Å². The number of amides is 1. The Morgan fingerprint density at radius 1 is 1.14 bits per heavy atom. The smallest absolute Gasteiger partial charge is 0.280 e. The summed E-state index contributed by atoms with van der Waals surface area (Å²) in [6.45, 7) is 0. The summed E-state index contributed by atoms with van der Waals surface area (Å²) < 4.78 is 20.5. The van der Waals surface area contributed by atoms with E-state index in [2.05, 4.69) is 9.97 Å². The first-order chi connectivity index (χ1) is 13.5. The summed E-state index contributed by atoms with van der Waals surface area (Å²) in [6, 6.07) is 14.0. The van der Waals surface area contributed by atoms with Crippen molar-refractivity contribution in [3.05, 3.63) is 83.5 Å². The highest BCUT2D eigenvalue weighted by atomic mass is 35.5. The van der Waals surface area contributed by atoms with Crippen LogP contribution in [0.1, 0.15) is 10.5 Å². The third kappa shape index (κ3) is 3.39. The quantitative estimate of drug-likeness (QED) is 0.506. The lowest BCUT2D eigenvalue weighted by molar-refractivity contribution is 0.0985. The molecule has 0 saturated carbocycles. The summed E-state index contributed by atoms with van der Waals surface area (Å²) in [5, 5.41) is 0.573. The number of hydrogen-bond donors (Lipinski definition) is 0. The van der Waals surface area contributed by atoms with Gasteiger partial charge in [-0.2, -0.15) is 4.98 Å². The average molecular weight is 397 g/mol. The molecule has 140 valence electrons. The van der Waals surface area contributed by atoms with Crippen molar-refractivity contribution < 1.29 is 13.9 Å². The first-order valence-electron chi connectivity index (χ1n) is 8.33. The van der Waals surface area contributed by atoms with Crippen molar-refractivity contribution in [1.82, 2.24) is 14.4 Å². The van der Waals surface area contributed by atoms with Gasteiger partial charge in [-0.3, -0.25) is 9.20 Å². The Bertz CT molecular complexity index is 1140. The molecular formula is C20H14ClFN4O2. The number of aromatic nitrogens is 3. The molecule has 0 aliphatic carbocycles. The summed E-state index contributed by atoms with van der Waals surface area (Å²) >= 11 is 5.93. The van der Waals surface area contributed by atoms with Gasteiger partial charge in [0.1, 0.15) is 11.6 Å². The molecule has 0 unspecified atom stereocenters. The molecule has 2 aromatic heterocycles. The molecule has 2 aromatic carbocycles. The molecule has 8 heteroatoms. The predicted molar refractivity (Wildman–Crippen MR) is 104 cm³/mol. The molecule has 0 bridgehead atoms. The number of rotatable bonds is 4. The summed E-state index contributed by atoms with van der Waals surface area (Å²) in [4.78, 5) is 23.2. The van der Waals surface area contributed by atoms with Crippen LogP contribution in [0.2, 0.25) is 5.02 Å². The van der Waals surface area contributed by atoms with Crippen LogP contribution < -0.4 is 9.64 Å². The molecule has 4 aromatic rings. The van der Waals surface area contributed by atoms with E-state index in [-0.39, 0.29) is 23.3 Å². The molecule has 1 amide bonds. The van der Waals surface area contributed by atoms with Crippen molar-refractivity contribution in [2.75, 3.05) is 11.9 Å². The Kier molecular flexibility index (Phi) is 4.67. The van der Waals surface area contributed by atoms with Gasteiger partial charge in [0.2, 0.25) is 5.78 Å². The standard InChI is InChI=1S/C20H14ClFN4O2/c1-25(15-7-3-13(21)4-8-15)19(27)17-18(24-20-23-11-2-12-26(17)20)28-16-9-5-14(22)6-10-16/h2-12H,1H3. The zero-order valence-electron chi connectivity index (χ0n) is 14.7. The maximum atomic E-state index is 13.2. The van der Waals surface area contributed by atoms with Gasteiger partial charge in [0.05, 0.1) is 0 Å². The molecule has 0 aliphatic heterocycles. The van der Waals surface area contributed by atoms with E-state index in [1.54, 1.807) is 54.2 Å². The lowest BCUT2D eigenvalue weighted by Gasteiger charge is -2.17. The molecule has 0 spiro atoms. The van der Waals surface area contributed by atoms with Crippen LogP contribution in [0.15, 0.2) is 67.0 Å². The van der Waals surface area contributed by atoms with Gasteiger partial charge in [0, 0.05) is 30.2 Å². The lowest BCUT2D eigenvalue weighted by Crippen LogP contribution is -2.27. The van der Waals surface area contributed by atoms with Gasteiger partial charge in [0.25, 0.3) is 11.8 Å². The second-order valence-corrected chi connectivity index (χ2v) is 6.39. The fraction of sp³-hybridized carbons (Fsp3) is 0.0500. The topological polar surface area (TPSA) is 59.7 Å². The number of fused-ring (bicyclic) bond motifs is 1. The third-order valence-corrected chi connectivity index (χ3v) is 4.37. The van der Waals surface area contributed by atoms with Crippen LogP contribution in [0.25, 0.3) is 5.78 Å². The van der Waals surface area contributed by atoms with Crippen LogP contribution in [0.3, 0.4) is 0 Å². The van der Waals surface area contributed by atoms with E-state index < -0.39 is 0 Å². The number of halogens is 2. The number of anilines is 1.